The molecule has 1 atom stereocenters. The molecule has 0 bridgehead atoms. The van der Waals surface area contributed by atoms with E-state index in [-0.39, 0.29) is 5.91 Å². The lowest BCUT2D eigenvalue weighted by Crippen LogP contribution is -2.49. The summed E-state index contributed by atoms with van der Waals surface area (Å²) in [6.45, 7) is 7.82. The topological polar surface area (TPSA) is 102 Å². The SMILES string of the molecule is CC(Sc1nnc(C2CC2)n1Cc1ccco1)C(=O)NC(=O)NC(C)(C)C. The fourth-order valence-corrected chi connectivity index (χ4v) is 3.39. The smallest absolute Gasteiger partial charge is 0.321 e. The van der Waals surface area contributed by atoms with Gasteiger partial charge in [-0.2, -0.15) is 0 Å². The summed E-state index contributed by atoms with van der Waals surface area (Å²) < 4.78 is 7.45. The van der Waals surface area contributed by atoms with E-state index < -0.39 is 16.8 Å². The third-order valence-corrected chi connectivity index (χ3v) is 5.04. The van der Waals surface area contributed by atoms with Gasteiger partial charge in [0.1, 0.15) is 11.6 Å². The van der Waals surface area contributed by atoms with Gasteiger partial charge in [0.05, 0.1) is 18.1 Å². The minimum atomic E-state index is -0.504. The molecule has 0 aromatic carbocycles. The predicted molar refractivity (Wildman–Crippen MR) is 102 cm³/mol. The number of thioether (sulfide) groups is 1. The number of furan rings is 1. The fraction of sp³-hybridized carbons (Fsp3) is 0.556. The van der Waals surface area contributed by atoms with Gasteiger partial charge >= 0.3 is 6.03 Å². The van der Waals surface area contributed by atoms with Gasteiger partial charge in [0.15, 0.2) is 5.16 Å². The number of urea groups is 1. The summed E-state index contributed by atoms with van der Waals surface area (Å²) in [5.74, 6) is 1.78. The van der Waals surface area contributed by atoms with Crippen molar-refractivity contribution in [2.24, 2.45) is 0 Å². The average molecular weight is 391 g/mol. The highest BCUT2D eigenvalue weighted by molar-refractivity contribution is 8.00. The third-order valence-electron chi connectivity index (χ3n) is 3.96. The van der Waals surface area contributed by atoms with Crippen molar-refractivity contribution in [2.45, 2.75) is 68.9 Å². The number of hydrogen-bond donors (Lipinski definition) is 2. The standard InChI is InChI=1S/C18H25N5O3S/c1-11(15(24)19-16(25)20-18(2,3)4)27-17-22-21-14(12-7-8-12)23(17)10-13-6-5-9-26-13/h5-6,9,11-12H,7-8,10H2,1-4H3,(H2,19,20,24,25). The molecule has 0 saturated heterocycles. The lowest BCUT2D eigenvalue weighted by Gasteiger charge is -2.21. The first kappa shape index (κ1) is 19.5. The second kappa shape index (κ2) is 7.75. The van der Waals surface area contributed by atoms with Gasteiger partial charge in [0.2, 0.25) is 5.91 Å². The molecular weight excluding hydrogens is 366 g/mol. The highest BCUT2D eigenvalue weighted by atomic mass is 32.2. The molecule has 9 heteroatoms. The van der Waals surface area contributed by atoms with Gasteiger partial charge in [-0.3, -0.25) is 14.7 Å². The van der Waals surface area contributed by atoms with Crippen molar-refractivity contribution in [1.29, 1.82) is 0 Å². The molecule has 3 rings (SSSR count). The van der Waals surface area contributed by atoms with Crippen LogP contribution in [-0.2, 0) is 11.3 Å². The molecule has 146 valence electrons. The molecule has 2 aromatic heterocycles. The van der Waals surface area contributed by atoms with Crippen LogP contribution in [0.1, 0.15) is 58.0 Å². The van der Waals surface area contributed by atoms with Gasteiger partial charge in [-0.1, -0.05) is 11.8 Å². The second-order valence-corrected chi connectivity index (χ2v) is 9.04. The van der Waals surface area contributed by atoms with Crippen LogP contribution in [0.15, 0.2) is 28.0 Å². The van der Waals surface area contributed by atoms with Crippen molar-refractivity contribution in [3.8, 4) is 0 Å². The Hall–Kier alpha value is -2.29. The zero-order valence-electron chi connectivity index (χ0n) is 16.0. The number of rotatable bonds is 6. The number of carbonyl (C=O) groups excluding carboxylic acids is 2. The van der Waals surface area contributed by atoms with Crippen LogP contribution in [0.2, 0.25) is 0 Å². The quantitative estimate of drug-likeness (QED) is 0.734. The van der Waals surface area contributed by atoms with Crippen molar-refractivity contribution < 1.29 is 14.0 Å². The highest BCUT2D eigenvalue weighted by Gasteiger charge is 2.31. The van der Waals surface area contributed by atoms with Crippen LogP contribution in [0.25, 0.3) is 0 Å². The maximum Gasteiger partial charge on any atom is 0.321 e. The molecule has 8 nitrogen and oxygen atoms in total. The molecule has 1 fully saturated rings. The van der Waals surface area contributed by atoms with Crippen LogP contribution in [0.5, 0.6) is 0 Å². The van der Waals surface area contributed by atoms with E-state index in [1.54, 1.807) is 13.2 Å². The Morgan fingerprint density at radius 2 is 2.11 bits per heavy atom. The lowest BCUT2D eigenvalue weighted by atomic mass is 10.1. The first-order valence-electron chi connectivity index (χ1n) is 8.98. The molecule has 1 saturated carbocycles. The van der Waals surface area contributed by atoms with Crippen LogP contribution in [-0.4, -0.2) is 37.5 Å². The molecule has 2 N–H and O–H groups in total. The molecule has 3 amide bonds. The maximum absolute atomic E-state index is 12.4. The summed E-state index contributed by atoms with van der Waals surface area (Å²) in [6.07, 6.45) is 3.83. The molecule has 2 aromatic rings. The Morgan fingerprint density at radius 1 is 1.37 bits per heavy atom. The van der Waals surface area contributed by atoms with Gasteiger partial charge in [-0.05, 0) is 52.7 Å². The average Bonchev–Trinajstić information content (AvgIpc) is 3.13. The van der Waals surface area contributed by atoms with E-state index in [9.17, 15) is 9.59 Å². The Kier molecular flexibility index (Phi) is 5.59. The summed E-state index contributed by atoms with van der Waals surface area (Å²) in [7, 11) is 0. The molecular formula is C18H25N5O3S. The zero-order chi connectivity index (χ0) is 19.6. The number of hydrogen-bond acceptors (Lipinski definition) is 6. The Balaban J connectivity index is 1.67. The largest absolute Gasteiger partial charge is 0.467 e. The Labute approximate surface area is 162 Å². The number of nitrogens with one attached hydrogen (secondary N) is 2. The van der Waals surface area contributed by atoms with Crippen LogP contribution in [0, 0.1) is 0 Å². The van der Waals surface area contributed by atoms with E-state index in [1.165, 1.54) is 11.8 Å². The van der Waals surface area contributed by atoms with Crippen molar-refractivity contribution in [3.05, 3.63) is 30.0 Å². The zero-order valence-corrected chi connectivity index (χ0v) is 16.8. The Bertz CT molecular complexity index is 806. The summed E-state index contributed by atoms with van der Waals surface area (Å²) in [5, 5.41) is 13.8. The molecule has 1 aliphatic carbocycles. The molecule has 1 aliphatic rings. The van der Waals surface area contributed by atoms with Crippen molar-refractivity contribution in [3.63, 3.8) is 0 Å². The fourth-order valence-electron chi connectivity index (χ4n) is 2.53. The molecule has 2 heterocycles. The van der Waals surface area contributed by atoms with Crippen LogP contribution >= 0.6 is 11.8 Å². The minimum absolute atomic E-state index is 0.373. The van der Waals surface area contributed by atoms with E-state index in [1.807, 2.05) is 37.5 Å². The molecule has 0 spiro atoms. The first-order valence-corrected chi connectivity index (χ1v) is 9.86. The van der Waals surface area contributed by atoms with Gasteiger partial charge in [-0.15, -0.1) is 10.2 Å². The van der Waals surface area contributed by atoms with Gasteiger partial charge < -0.3 is 9.73 Å². The Morgan fingerprint density at radius 3 is 2.70 bits per heavy atom. The van der Waals surface area contributed by atoms with E-state index in [0.717, 1.165) is 24.4 Å². The van der Waals surface area contributed by atoms with Crippen LogP contribution in [0.3, 0.4) is 0 Å². The number of amides is 3. The normalized spacial score (nSPS) is 15.4. The lowest BCUT2D eigenvalue weighted by molar-refractivity contribution is -0.119. The summed E-state index contributed by atoms with van der Waals surface area (Å²) in [5.41, 5.74) is -0.414. The minimum Gasteiger partial charge on any atom is -0.467 e. The molecule has 0 radical (unpaired) electrons. The van der Waals surface area contributed by atoms with E-state index in [4.69, 9.17) is 4.42 Å². The molecule has 0 aliphatic heterocycles. The predicted octanol–water partition coefficient (Wildman–Crippen LogP) is 2.90. The maximum atomic E-state index is 12.4. The molecule has 27 heavy (non-hydrogen) atoms. The van der Waals surface area contributed by atoms with Gasteiger partial charge in [-0.25, -0.2) is 4.79 Å². The van der Waals surface area contributed by atoms with Gasteiger partial charge in [0, 0.05) is 11.5 Å². The number of carbonyl (C=O) groups is 2. The number of aromatic nitrogens is 3. The van der Waals surface area contributed by atoms with E-state index >= 15 is 0 Å². The first-order chi connectivity index (χ1) is 12.7. The monoisotopic (exact) mass is 391 g/mol. The van der Waals surface area contributed by atoms with E-state index in [0.29, 0.717) is 17.6 Å². The van der Waals surface area contributed by atoms with Crippen molar-refractivity contribution >= 4 is 23.7 Å². The third kappa shape index (κ3) is 5.35. The van der Waals surface area contributed by atoms with Crippen LogP contribution < -0.4 is 10.6 Å². The van der Waals surface area contributed by atoms with Gasteiger partial charge in [0.25, 0.3) is 0 Å². The number of nitrogens with zero attached hydrogens (tertiary/aromatic N) is 3. The second-order valence-electron chi connectivity index (χ2n) is 7.73. The van der Waals surface area contributed by atoms with Crippen molar-refractivity contribution in [1.82, 2.24) is 25.4 Å². The van der Waals surface area contributed by atoms with Crippen molar-refractivity contribution in [2.75, 3.05) is 0 Å². The summed E-state index contributed by atoms with van der Waals surface area (Å²) in [4.78, 5) is 24.3. The highest BCUT2D eigenvalue weighted by Crippen LogP contribution is 2.40. The summed E-state index contributed by atoms with van der Waals surface area (Å²) in [6, 6.07) is 3.24. The van der Waals surface area contributed by atoms with Crippen LogP contribution in [0.4, 0.5) is 4.79 Å². The summed E-state index contributed by atoms with van der Waals surface area (Å²) >= 11 is 1.28. The molecule has 1 unspecified atom stereocenters. The van der Waals surface area contributed by atoms with E-state index in [2.05, 4.69) is 20.8 Å². The number of imide groups is 1.